The second-order valence-corrected chi connectivity index (χ2v) is 4.97. The number of aromatic nitrogens is 2. The lowest BCUT2D eigenvalue weighted by Crippen LogP contribution is -2.69. The van der Waals surface area contributed by atoms with E-state index in [-0.39, 0.29) is 5.41 Å². The molecule has 0 aromatic carbocycles. The molecule has 2 bridgehead atoms. The van der Waals surface area contributed by atoms with Gasteiger partial charge in [-0.25, -0.2) is 0 Å². The molecule has 3 fully saturated rings. The van der Waals surface area contributed by atoms with Gasteiger partial charge in [-0.05, 0) is 12.5 Å². The van der Waals surface area contributed by atoms with E-state index in [0.717, 1.165) is 5.69 Å². The summed E-state index contributed by atoms with van der Waals surface area (Å²) in [4.78, 5) is 8.48. The molecule has 5 nitrogen and oxygen atoms in total. The Bertz CT molecular complexity index is 402. The first kappa shape index (κ1) is 10.2. The first-order valence-corrected chi connectivity index (χ1v) is 5.46. The fourth-order valence-corrected chi connectivity index (χ4v) is 2.11. The zero-order valence-electron chi connectivity index (χ0n) is 9.47. The van der Waals surface area contributed by atoms with Crippen molar-refractivity contribution in [2.75, 3.05) is 19.8 Å². The van der Waals surface area contributed by atoms with Crippen LogP contribution in [-0.2, 0) is 14.0 Å². The van der Waals surface area contributed by atoms with Crippen molar-refractivity contribution < 1.29 is 14.0 Å². The number of hydrogen-bond donors (Lipinski definition) is 0. The zero-order valence-corrected chi connectivity index (χ0v) is 9.47. The van der Waals surface area contributed by atoms with Crippen molar-refractivity contribution in [1.29, 1.82) is 0 Å². The monoisotopic (exact) mass is 221 g/mol. The summed E-state index contributed by atoms with van der Waals surface area (Å²) in [6.07, 6.45) is 3.35. The lowest BCUT2D eigenvalue weighted by Gasteiger charge is -2.57. The van der Waals surface area contributed by atoms with Crippen LogP contribution >= 0.6 is 0 Å². The molecule has 3 saturated heterocycles. The van der Waals surface area contributed by atoms with E-state index >= 15 is 0 Å². The molecule has 0 unspecified atom stereocenters. The van der Waals surface area contributed by atoms with Gasteiger partial charge in [0.25, 0.3) is 0 Å². The van der Waals surface area contributed by atoms with Gasteiger partial charge in [0.15, 0.2) is 0 Å². The lowest BCUT2D eigenvalue weighted by molar-refractivity contribution is -0.119. The predicted octanol–water partition coefficient (Wildman–Crippen LogP) is 0.0142. The predicted molar refractivity (Wildman–Crippen MR) is 58.1 cm³/mol. The van der Waals surface area contributed by atoms with Crippen molar-refractivity contribution in [2.45, 2.75) is 13.8 Å². The van der Waals surface area contributed by atoms with Crippen LogP contribution < -0.4 is 5.59 Å². The van der Waals surface area contributed by atoms with Gasteiger partial charge in [0.05, 0.1) is 5.69 Å². The average Bonchev–Trinajstić information content (AvgIpc) is 2.30. The van der Waals surface area contributed by atoms with Gasteiger partial charge in [0.1, 0.15) is 0 Å². The Balaban J connectivity index is 1.95. The molecule has 1 aromatic heterocycles. The van der Waals surface area contributed by atoms with Crippen LogP contribution in [0, 0.1) is 12.3 Å². The summed E-state index contributed by atoms with van der Waals surface area (Å²) >= 11 is 0. The fraction of sp³-hybridized carbons (Fsp3) is 0.600. The number of aryl methyl sites for hydroxylation is 1. The van der Waals surface area contributed by atoms with Crippen LogP contribution in [0.1, 0.15) is 12.6 Å². The van der Waals surface area contributed by atoms with E-state index in [4.69, 9.17) is 14.0 Å². The topological polar surface area (TPSA) is 53.5 Å². The van der Waals surface area contributed by atoms with E-state index in [1.807, 2.05) is 6.92 Å². The van der Waals surface area contributed by atoms with Gasteiger partial charge in [-0.1, -0.05) is 6.92 Å². The minimum absolute atomic E-state index is 0.0131. The van der Waals surface area contributed by atoms with Crippen molar-refractivity contribution in [2.24, 2.45) is 5.41 Å². The molecule has 0 amide bonds. The van der Waals surface area contributed by atoms with E-state index in [1.165, 1.54) is 0 Å². The van der Waals surface area contributed by atoms with E-state index in [0.29, 0.717) is 25.4 Å². The second kappa shape index (κ2) is 3.26. The number of rotatable bonds is 1. The number of nitrogens with zero attached hydrogens (tertiary/aromatic N) is 2. The Morgan fingerprint density at radius 1 is 1.19 bits per heavy atom. The average molecular weight is 221 g/mol. The fourth-order valence-electron chi connectivity index (χ4n) is 2.11. The molecule has 0 saturated carbocycles. The molecule has 0 N–H and O–H groups in total. The van der Waals surface area contributed by atoms with Gasteiger partial charge in [-0.15, -0.1) is 0 Å². The Morgan fingerprint density at radius 3 is 2.38 bits per heavy atom. The summed E-state index contributed by atoms with van der Waals surface area (Å²) in [6, 6.07) is 0. The summed E-state index contributed by atoms with van der Waals surface area (Å²) in [5.74, 6) is 0. The standard InChI is InChI=1S/C10H14BN2O3/c1-8-3-12-4-9(13-8)11-14-5-10(2,6-15-11)7-16-11/h3-4H,5-7H2,1-2H3/q-1. The molecule has 0 aliphatic carbocycles. The Hall–Kier alpha value is -0.975. The third kappa shape index (κ3) is 1.45. The summed E-state index contributed by atoms with van der Waals surface area (Å²) in [7, 11) is 0. The lowest BCUT2D eigenvalue weighted by atomic mass is 9.68. The second-order valence-electron chi connectivity index (χ2n) is 4.97. The van der Waals surface area contributed by atoms with Crippen molar-refractivity contribution in [3.8, 4) is 0 Å². The van der Waals surface area contributed by atoms with Crippen LogP contribution in [0.5, 0.6) is 0 Å². The van der Waals surface area contributed by atoms with Crippen molar-refractivity contribution in [1.82, 2.24) is 9.97 Å². The minimum atomic E-state index is -1.84. The molecule has 3 aliphatic heterocycles. The summed E-state index contributed by atoms with van der Waals surface area (Å²) in [5, 5.41) is 0. The molecular weight excluding hydrogens is 207 g/mol. The van der Waals surface area contributed by atoms with Crippen LogP contribution in [0.2, 0.25) is 0 Å². The molecule has 4 rings (SSSR count). The summed E-state index contributed by atoms with van der Waals surface area (Å²) in [5.41, 5.74) is 1.48. The van der Waals surface area contributed by atoms with Crippen LogP contribution in [0.4, 0.5) is 0 Å². The molecule has 4 heterocycles. The largest absolute Gasteiger partial charge is 0.539 e. The first-order valence-electron chi connectivity index (χ1n) is 5.46. The van der Waals surface area contributed by atoms with E-state index < -0.39 is 6.75 Å². The maximum absolute atomic E-state index is 5.72. The number of hydrogen-bond acceptors (Lipinski definition) is 5. The van der Waals surface area contributed by atoms with Gasteiger partial charge in [-0.2, -0.15) is 0 Å². The molecule has 6 heteroatoms. The third-order valence-corrected chi connectivity index (χ3v) is 3.09. The molecule has 3 aliphatic rings. The van der Waals surface area contributed by atoms with Gasteiger partial charge in [0, 0.05) is 37.6 Å². The van der Waals surface area contributed by atoms with Crippen molar-refractivity contribution in [3.63, 3.8) is 0 Å². The normalized spacial score (nSPS) is 37.6. The van der Waals surface area contributed by atoms with Gasteiger partial charge in [0.2, 0.25) is 0 Å². The Kier molecular flexibility index (Phi) is 2.08. The summed E-state index contributed by atoms with van der Waals surface area (Å²) < 4.78 is 17.2. The third-order valence-electron chi connectivity index (χ3n) is 3.09. The van der Waals surface area contributed by atoms with E-state index in [2.05, 4.69) is 16.9 Å². The molecule has 86 valence electrons. The molecule has 1 aromatic rings. The van der Waals surface area contributed by atoms with Crippen LogP contribution in [-0.4, -0.2) is 36.5 Å². The SMILES string of the molecule is Cc1cncc([B-]23OCC(C)(CO2)CO3)n1. The van der Waals surface area contributed by atoms with Gasteiger partial charge >= 0.3 is 6.75 Å². The molecular formula is C10H14BN2O3-. The highest BCUT2D eigenvalue weighted by Gasteiger charge is 2.47. The first-order chi connectivity index (χ1) is 7.62. The molecule has 0 spiro atoms. The highest BCUT2D eigenvalue weighted by molar-refractivity contribution is 6.74. The Morgan fingerprint density at radius 2 is 1.81 bits per heavy atom. The summed E-state index contributed by atoms with van der Waals surface area (Å²) in [6.45, 7) is 4.10. The maximum atomic E-state index is 5.72. The van der Waals surface area contributed by atoms with E-state index in [1.54, 1.807) is 12.4 Å². The van der Waals surface area contributed by atoms with Crippen LogP contribution in [0.25, 0.3) is 0 Å². The quantitative estimate of drug-likeness (QED) is 0.625. The van der Waals surface area contributed by atoms with E-state index in [9.17, 15) is 0 Å². The Labute approximate surface area is 94.2 Å². The van der Waals surface area contributed by atoms with Crippen molar-refractivity contribution in [3.05, 3.63) is 18.1 Å². The zero-order chi connectivity index (χ0) is 11.2. The smallest absolute Gasteiger partial charge is 0.429 e. The van der Waals surface area contributed by atoms with Crippen molar-refractivity contribution >= 4 is 12.3 Å². The maximum Gasteiger partial charge on any atom is 0.429 e. The molecule has 16 heavy (non-hydrogen) atoms. The molecule has 0 radical (unpaired) electrons. The minimum Gasteiger partial charge on any atom is -0.539 e. The van der Waals surface area contributed by atoms with Crippen LogP contribution in [0.15, 0.2) is 12.4 Å². The highest BCUT2D eigenvalue weighted by atomic mass is 16.8. The number of fused-ring (bicyclic) bond motifs is 3. The highest BCUT2D eigenvalue weighted by Crippen LogP contribution is 2.34. The molecule has 0 atom stereocenters. The van der Waals surface area contributed by atoms with Gasteiger partial charge in [-0.3, -0.25) is 9.97 Å². The van der Waals surface area contributed by atoms with Gasteiger partial charge < -0.3 is 14.0 Å². The van der Waals surface area contributed by atoms with Crippen LogP contribution in [0.3, 0.4) is 0 Å².